The summed E-state index contributed by atoms with van der Waals surface area (Å²) in [5, 5.41) is 0. The number of anilines is 1. The van der Waals surface area contributed by atoms with Gasteiger partial charge in [0.1, 0.15) is 11.5 Å². The van der Waals surface area contributed by atoms with E-state index in [0.29, 0.717) is 0 Å². The molecule has 3 rings (SSSR count). The van der Waals surface area contributed by atoms with E-state index in [2.05, 4.69) is 28.8 Å². The predicted octanol–water partition coefficient (Wildman–Crippen LogP) is 3.48. The van der Waals surface area contributed by atoms with Gasteiger partial charge in [0.25, 0.3) is 0 Å². The smallest absolute Gasteiger partial charge is 0.128 e. The highest BCUT2D eigenvalue weighted by molar-refractivity contribution is 7.97. The fourth-order valence-electron chi connectivity index (χ4n) is 1.87. The molecule has 0 amide bonds. The average Bonchev–Trinajstić information content (AvgIpc) is 2.40. The van der Waals surface area contributed by atoms with Gasteiger partial charge in [0.2, 0.25) is 0 Å². The monoisotopic (exact) mass is 258 g/mol. The van der Waals surface area contributed by atoms with Crippen LogP contribution in [0.2, 0.25) is 0 Å². The average molecular weight is 258 g/mol. The van der Waals surface area contributed by atoms with Gasteiger partial charge in [0, 0.05) is 11.9 Å². The van der Waals surface area contributed by atoms with E-state index in [9.17, 15) is 0 Å². The van der Waals surface area contributed by atoms with Gasteiger partial charge in [-0.1, -0.05) is 18.2 Å². The summed E-state index contributed by atoms with van der Waals surface area (Å²) in [5.41, 5.74) is 1.24. The van der Waals surface area contributed by atoms with Gasteiger partial charge in [-0.05, 0) is 42.3 Å². The lowest BCUT2D eigenvalue weighted by molar-refractivity contribution is 0.481. The van der Waals surface area contributed by atoms with E-state index in [0.717, 1.165) is 18.2 Å². The lowest BCUT2D eigenvalue weighted by Crippen LogP contribution is -2.30. The van der Waals surface area contributed by atoms with Crippen LogP contribution in [-0.4, -0.2) is 13.7 Å². The molecule has 0 saturated heterocycles. The number of benzene rings is 2. The number of para-hydroxylation sites is 1. The summed E-state index contributed by atoms with van der Waals surface area (Å²) < 4.78 is 9.09. The maximum absolute atomic E-state index is 5.82. The molecular weight excluding hydrogens is 244 g/mol. The van der Waals surface area contributed by atoms with Crippen LogP contribution < -0.4 is 14.4 Å². The summed E-state index contributed by atoms with van der Waals surface area (Å²) in [4.78, 5) is 3.37. The second kappa shape index (κ2) is 4.92. The van der Waals surface area contributed by atoms with E-state index in [1.807, 2.05) is 36.4 Å². The van der Waals surface area contributed by atoms with E-state index in [1.165, 1.54) is 10.6 Å². The Kier molecular flexibility index (Phi) is 3.13. The van der Waals surface area contributed by atoms with Crippen molar-refractivity contribution in [3.05, 3.63) is 48.5 Å². The first-order valence-corrected chi connectivity index (χ1v) is 6.62. The minimum absolute atomic E-state index is 0.858. The molecule has 0 saturated carbocycles. The van der Waals surface area contributed by atoms with Gasteiger partial charge in [0.05, 0.1) is 12.4 Å². The Hall–Kier alpha value is -1.65. The Morgan fingerprint density at radius 3 is 2.78 bits per heavy atom. The summed E-state index contributed by atoms with van der Waals surface area (Å²) in [5.74, 6) is 1.73. The molecule has 1 aliphatic heterocycles. The van der Waals surface area contributed by atoms with Crippen molar-refractivity contribution in [3.8, 4) is 11.5 Å². The zero-order valence-electron chi connectivity index (χ0n) is 10.1. The molecule has 0 aromatic heterocycles. The summed E-state index contributed by atoms with van der Waals surface area (Å²) in [6.45, 7) is 0.858. The van der Waals surface area contributed by atoms with Gasteiger partial charge in [-0.15, -0.1) is 0 Å². The third-order valence-corrected chi connectivity index (χ3v) is 3.63. The molecule has 0 unspecified atom stereocenters. The molecule has 92 valence electrons. The minimum Gasteiger partial charge on any atom is -0.457 e. The zero-order valence-corrected chi connectivity index (χ0v) is 10.9. The molecule has 0 aliphatic carbocycles. The van der Waals surface area contributed by atoms with Crippen LogP contribution in [0, 0.1) is 0 Å². The number of ether oxygens (including phenoxy) is 1. The largest absolute Gasteiger partial charge is 0.457 e. The van der Waals surface area contributed by atoms with Crippen molar-refractivity contribution in [1.29, 1.82) is 0 Å². The Balaban J connectivity index is 1.86. The van der Waals surface area contributed by atoms with Crippen LogP contribution in [0.15, 0.2) is 53.4 Å². The molecule has 0 radical (unpaired) electrons. The van der Waals surface area contributed by atoms with Gasteiger partial charge in [0.15, 0.2) is 0 Å². The molecule has 1 aliphatic rings. The van der Waals surface area contributed by atoms with Gasteiger partial charge in [-0.3, -0.25) is 0 Å². The third kappa shape index (κ3) is 2.30. The number of nitrogens with one attached hydrogen (secondary N) is 1. The quantitative estimate of drug-likeness (QED) is 0.833. The molecule has 2 aromatic carbocycles. The highest BCUT2D eigenvalue weighted by Gasteiger charge is 2.14. The second-order valence-electron chi connectivity index (χ2n) is 4.15. The Morgan fingerprint density at radius 1 is 1.11 bits per heavy atom. The van der Waals surface area contributed by atoms with E-state index in [4.69, 9.17) is 4.74 Å². The molecule has 3 nitrogen and oxygen atoms in total. The molecule has 0 bridgehead atoms. The maximum atomic E-state index is 5.82. The summed E-state index contributed by atoms with van der Waals surface area (Å²) in [6.07, 6.45) is 0. The third-order valence-electron chi connectivity index (χ3n) is 2.81. The van der Waals surface area contributed by atoms with Gasteiger partial charge < -0.3 is 9.64 Å². The van der Waals surface area contributed by atoms with Crippen molar-refractivity contribution in [2.45, 2.75) is 4.90 Å². The zero-order chi connectivity index (χ0) is 12.4. The summed E-state index contributed by atoms with van der Waals surface area (Å²) in [6, 6.07) is 16.0. The number of nitrogens with zero attached hydrogens (tertiary/aromatic N) is 1. The first kappa shape index (κ1) is 11.4. The number of hydrogen-bond donors (Lipinski definition) is 1. The van der Waals surface area contributed by atoms with Crippen LogP contribution in [-0.2, 0) is 0 Å². The van der Waals surface area contributed by atoms with Crippen molar-refractivity contribution in [1.82, 2.24) is 4.72 Å². The first-order chi connectivity index (χ1) is 8.83. The highest BCUT2D eigenvalue weighted by Crippen LogP contribution is 2.35. The van der Waals surface area contributed by atoms with Crippen LogP contribution in [0.1, 0.15) is 0 Å². The van der Waals surface area contributed by atoms with E-state index >= 15 is 0 Å². The maximum Gasteiger partial charge on any atom is 0.128 e. The standard InChI is InChI=1S/C14H14N2OS/c1-16-10-15-18-14-9-12(7-8-13(14)16)17-11-5-3-2-4-6-11/h2-9,15H,10H2,1H3. The predicted molar refractivity (Wildman–Crippen MR) is 75.2 cm³/mol. The molecule has 0 fully saturated rings. The molecule has 18 heavy (non-hydrogen) atoms. The van der Waals surface area contributed by atoms with Gasteiger partial charge in [-0.25, -0.2) is 4.72 Å². The number of hydrogen-bond acceptors (Lipinski definition) is 4. The second-order valence-corrected chi connectivity index (χ2v) is 5.08. The van der Waals surface area contributed by atoms with E-state index in [1.54, 1.807) is 11.9 Å². The molecule has 4 heteroatoms. The van der Waals surface area contributed by atoms with E-state index < -0.39 is 0 Å². The molecular formula is C14H14N2OS. The lowest BCUT2D eigenvalue weighted by atomic mass is 10.2. The van der Waals surface area contributed by atoms with Crippen molar-refractivity contribution in [3.63, 3.8) is 0 Å². The minimum atomic E-state index is 0.858. The van der Waals surface area contributed by atoms with E-state index in [-0.39, 0.29) is 0 Å². The fraction of sp³-hybridized carbons (Fsp3) is 0.143. The van der Waals surface area contributed by atoms with Gasteiger partial charge >= 0.3 is 0 Å². The van der Waals surface area contributed by atoms with Crippen molar-refractivity contribution in [2.75, 3.05) is 18.6 Å². The number of rotatable bonds is 2. The molecule has 0 atom stereocenters. The number of fused-ring (bicyclic) bond motifs is 1. The van der Waals surface area contributed by atoms with Crippen LogP contribution in [0.5, 0.6) is 11.5 Å². The topological polar surface area (TPSA) is 24.5 Å². The Morgan fingerprint density at radius 2 is 1.94 bits per heavy atom. The summed E-state index contributed by atoms with van der Waals surface area (Å²) >= 11 is 1.65. The van der Waals surface area contributed by atoms with Crippen LogP contribution in [0.3, 0.4) is 0 Å². The van der Waals surface area contributed by atoms with Crippen molar-refractivity contribution in [2.24, 2.45) is 0 Å². The normalized spacial score (nSPS) is 14.2. The lowest BCUT2D eigenvalue weighted by Gasteiger charge is -2.27. The highest BCUT2D eigenvalue weighted by atomic mass is 32.2. The molecule has 1 heterocycles. The SMILES string of the molecule is CN1CNSc2cc(Oc3ccccc3)ccc21. The molecule has 0 spiro atoms. The van der Waals surface area contributed by atoms with Gasteiger partial charge in [-0.2, -0.15) is 0 Å². The van der Waals surface area contributed by atoms with Crippen LogP contribution in [0.4, 0.5) is 5.69 Å². The fourth-order valence-corrected chi connectivity index (χ4v) is 2.79. The Bertz CT molecular complexity index is 545. The molecule has 2 aromatic rings. The molecule has 1 N–H and O–H groups in total. The van der Waals surface area contributed by atoms with Crippen molar-refractivity contribution >= 4 is 17.6 Å². The van der Waals surface area contributed by atoms with Crippen LogP contribution in [0.25, 0.3) is 0 Å². The summed E-state index contributed by atoms with van der Waals surface area (Å²) in [7, 11) is 2.07. The van der Waals surface area contributed by atoms with Crippen molar-refractivity contribution < 1.29 is 4.74 Å². The Labute approximate surface area is 111 Å². The first-order valence-electron chi connectivity index (χ1n) is 5.81. The van der Waals surface area contributed by atoms with Crippen LogP contribution >= 0.6 is 11.9 Å².